The molecule has 118 valence electrons. The summed E-state index contributed by atoms with van der Waals surface area (Å²) in [6, 6.07) is -0.779. The number of amides is 1. The Bertz CT molecular complexity index is 617. The molecule has 0 bridgehead atoms. The number of hydrogen-bond acceptors (Lipinski definition) is 6. The number of sulfone groups is 1. The maximum atomic E-state index is 11.9. The lowest BCUT2D eigenvalue weighted by atomic mass is 10.2. The van der Waals surface area contributed by atoms with Crippen LogP contribution in [0.4, 0.5) is 0 Å². The van der Waals surface area contributed by atoms with Crippen LogP contribution in [0.15, 0.2) is 6.20 Å². The lowest BCUT2D eigenvalue weighted by Gasteiger charge is -2.13. The van der Waals surface area contributed by atoms with Gasteiger partial charge in [-0.2, -0.15) is 0 Å². The molecule has 21 heavy (non-hydrogen) atoms. The lowest BCUT2D eigenvalue weighted by molar-refractivity contribution is -0.122. The summed E-state index contributed by atoms with van der Waals surface area (Å²) in [5, 5.41) is 9.73. The molecule has 3 atom stereocenters. The minimum absolute atomic E-state index is 0.0520. The van der Waals surface area contributed by atoms with Crippen molar-refractivity contribution in [3.63, 3.8) is 0 Å². The normalized spacial score (nSPS) is 25.7. The molecule has 2 heterocycles. The van der Waals surface area contributed by atoms with E-state index in [1.54, 1.807) is 6.20 Å². The number of aromatic nitrogens is 3. The van der Waals surface area contributed by atoms with E-state index < -0.39 is 21.3 Å². The van der Waals surface area contributed by atoms with Gasteiger partial charge in [-0.05, 0) is 6.42 Å². The Kier molecular flexibility index (Phi) is 4.84. The molecule has 1 amide bonds. The number of halogens is 1. The third kappa shape index (κ3) is 4.14. The Balaban J connectivity index is 1.92. The van der Waals surface area contributed by atoms with Gasteiger partial charge in [-0.3, -0.25) is 4.79 Å². The van der Waals surface area contributed by atoms with Crippen molar-refractivity contribution >= 4 is 27.3 Å². The predicted molar refractivity (Wildman–Crippen MR) is 77.5 cm³/mol. The van der Waals surface area contributed by atoms with Gasteiger partial charge in [0, 0.05) is 0 Å². The fourth-order valence-electron chi connectivity index (χ4n) is 2.11. The van der Waals surface area contributed by atoms with E-state index in [0.717, 1.165) is 6.42 Å². The van der Waals surface area contributed by atoms with E-state index in [2.05, 4.69) is 15.6 Å². The van der Waals surface area contributed by atoms with Crippen LogP contribution >= 0.6 is 11.6 Å². The average Bonchev–Trinajstić information content (AvgIpc) is 2.93. The first-order valence-corrected chi connectivity index (χ1v) is 8.86. The van der Waals surface area contributed by atoms with Gasteiger partial charge in [-0.1, -0.05) is 12.1 Å². The lowest BCUT2D eigenvalue weighted by Crippen LogP contribution is -2.42. The average molecular weight is 336 g/mol. The summed E-state index contributed by atoms with van der Waals surface area (Å²) >= 11 is 5.93. The molecule has 8 nitrogen and oxygen atoms in total. The van der Waals surface area contributed by atoms with Crippen LogP contribution < -0.4 is 11.1 Å². The third-order valence-electron chi connectivity index (χ3n) is 3.31. The van der Waals surface area contributed by atoms with Gasteiger partial charge in [0.2, 0.25) is 5.91 Å². The zero-order chi connectivity index (χ0) is 15.6. The molecule has 10 heteroatoms. The first-order chi connectivity index (χ1) is 9.80. The smallest absolute Gasteiger partial charge is 0.242 e. The first-order valence-electron chi connectivity index (χ1n) is 6.60. The van der Waals surface area contributed by atoms with Gasteiger partial charge in [0.05, 0.1) is 40.9 Å². The Morgan fingerprint density at radius 3 is 2.90 bits per heavy atom. The van der Waals surface area contributed by atoms with E-state index in [-0.39, 0.29) is 30.0 Å². The summed E-state index contributed by atoms with van der Waals surface area (Å²) in [7, 11) is -3.17. The number of nitrogens with one attached hydrogen (secondary N) is 1. The number of rotatable bonds is 5. The maximum absolute atomic E-state index is 11.9. The van der Waals surface area contributed by atoms with Gasteiger partial charge >= 0.3 is 0 Å². The second kappa shape index (κ2) is 6.29. The monoisotopic (exact) mass is 335 g/mol. The SMILES string of the molecule is CCC(N)c1cn(CC(=O)NC2CS(=O)(=O)CC2Cl)nn1. The van der Waals surface area contributed by atoms with Crippen molar-refractivity contribution in [2.45, 2.75) is 37.4 Å². The van der Waals surface area contributed by atoms with Crippen molar-refractivity contribution in [3.8, 4) is 0 Å². The van der Waals surface area contributed by atoms with E-state index in [0.29, 0.717) is 5.69 Å². The molecule has 2 rings (SSSR count). The molecular weight excluding hydrogens is 318 g/mol. The molecule has 0 aliphatic carbocycles. The number of alkyl halides is 1. The molecule has 3 N–H and O–H groups in total. The van der Waals surface area contributed by atoms with E-state index in [1.165, 1.54) is 4.68 Å². The van der Waals surface area contributed by atoms with E-state index in [4.69, 9.17) is 17.3 Å². The van der Waals surface area contributed by atoms with E-state index >= 15 is 0 Å². The molecule has 1 fully saturated rings. The van der Waals surface area contributed by atoms with Crippen LogP contribution in [0.1, 0.15) is 25.1 Å². The summed E-state index contributed by atoms with van der Waals surface area (Å²) in [4.78, 5) is 11.9. The molecule has 0 saturated carbocycles. The molecule has 0 spiro atoms. The molecule has 1 aliphatic heterocycles. The van der Waals surface area contributed by atoms with Gasteiger partial charge < -0.3 is 11.1 Å². The highest BCUT2D eigenvalue weighted by atomic mass is 35.5. The van der Waals surface area contributed by atoms with Crippen LogP contribution in [0.3, 0.4) is 0 Å². The van der Waals surface area contributed by atoms with E-state index in [9.17, 15) is 13.2 Å². The predicted octanol–water partition coefficient (Wildman–Crippen LogP) is -0.791. The number of carbonyl (C=O) groups excluding carboxylic acids is 1. The van der Waals surface area contributed by atoms with Gasteiger partial charge in [0.1, 0.15) is 6.54 Å². The van der Waals surface area contributed by atoms with Crippen LogP contribution in [0.5, 0.6) is 0 Å². The maximum Gasteiger partial charge on any atom is 0.242 e. The quantitative estimate of drug-likeness (QED) is 0.680. The summed E-state index contributed by atoms with van der Waals surface area (Å²) in [5.41, 5.74) is 6.43. The largest absolute Gasteiger partial charge is 0.349 e. The van der Waals surface area contributed by atoms with Crippen LogP contribution in [0, 0.1) is 0 Å². The second-order valence-corrected chi connectivity index (χ2v) is 7.84. The number of hydrogen-bond donors (Lipinski definition) is 2. The molecule has 1 saturated heterocycles. The van der Waals surface area contributed by atoms with Crippen molar-refractivity contribution in [2.24, 2.45) is 5.73 Å². The molecule has 1 aromatic rings. The van der Waals surface area contributed by atoms with E-state index in [1.807, 2.05) is 6.92 Å². The number of nitrogens with two attached hydrogens (primary N) is 1. The minimum Gasteiger partial charge on any atom is -0.349 e. The first kappa shape index (κ1) is 16.2. The van der Waals surface area contributed by atoms with Crippen LogP contribution in [-0.2, 0) is 21.2 Å². The van der Waals surface area contributed by atoms with Crippen molar-refractivity contribution in [3.05, 3.63) is 11.9 Å². The van der Waals surface area contributed by atoms with Gasteiger partial charge in [0.25, 0.3) is 0 Å². The third-order valence-corrected chi connectivity index (χ3v) is 5.69. The summed E-state index contributed by atoms with van der Waals surface area (Å²) < 4.78 is 24.2. The van der Waals surface area contributed by atoms with Crippen molar-refractivity contribution < 1.29 is 13.2 Å². The van der Waals surface area contributed by atoms with Crippen LogP contribution in [0.2, 0.25) is 0 Å². The Hall–Kier alpha value is -1.19. The Morgan fingerprint density at radius 2 is 2.33 bits per heavy atom. The number of nitrogens with zero attached hydrogens (tertiary/aromatic N) is 3. The molecule has 1 aromatic heterocycles. The van der Waals surface area contributed by atoms with Crippen LogP contribution in [0.25, 0.3) is 0 Å². The zero-order valence-corrected chi connectivity index (χ0v) is 13.1. The topological polar surface area (TPSA) is 120 Å². The van der Waals surface area contributed by atoms with Crippen molar-refractivity contribution in [1.82, 2.24) is 20.3 Å². The highest BCUT2D eigenvalue weighted by Crippen LogP contribution is 2.18. The minimum atomic E-state index is -3.17. The molecular formula is C11H18ClN5O3S. The fraction of sp³-hybridized carbons (Fsp3) is 0.727. The molecule has 0 radical (unpaired) electrons. The van der Waals surface area contributed by atoms with Crippen molar-refractivity contribution in [2.75, 3.05) is 11.5 Å². The fourth-order valence-corrected chi connectivity index (χ4v) is 4.66. The highest BCUT2D eigenvalue weighted by Gasteiger charge is 2.37. The highest BCUT2D eigenvalue weighted by molar-refractivity contribution is 7.91. The van der Waals surface area contributed by atoms with Crippen molar-refractivity contribution in [1.29, 1.82) is 0 Å². The molecule has 3 unspecified atom stereocenters. The second-order valence-electron chi connectivity index (χ2n) is 5.12. The molecule has 1 aliphatic rings. The van der Waals surface area contributed by atoms with Crippen LogP contribution in [-0.4, -0.2) is 52.2 Å². The Morgan fingerprint density at radius 1 is 1.62 bits per heavy atom. The Labute approximate surface area is 127 Å². The molecule has 0 aromatic carbocycles. The standard InChI is InChI=1S/C11H18ClN5O3S/c1-2-8(13)9-3-17(16-15-9)4-11(18)14-10-6-21(19,20)5-7(10)12/h3,7-8,10H,2,4-6,13H2,1H3,(H,14,18). The zero-order valence-electron chi connectivity index (χ0n) is 11.6. The summed E-state index contributed by atoms with van der Waals surface area (Å²) in [6.07, 6.45) is 2.33. The summed E-state index contributed by atoms with van der Waals surface area (Å²) in [5.74, 6) is -0.599. The number of carbonyl (C=O) groups is 1. The van der Waals surface area contributed by atoms with Gasteiger partial charge in [0.15, 0.2) is 9.84 Å². The van der Waals surface area contributed by atoms with Gasteiger partial charge in [-0.15, -0.1) is 16.7 Å². The summed E-state index contributed by atoms with van der Waals surface area (Å²) in [6.45, 7) is 1.88. The van der Waals surface area contributed by atoms with Gasteiger partial charge in [-0.25, -0.2) is 13.1 Å².